The van der Waals surface area contributed by atoms with Crippen LogP contribution in [0.4, 0.5) is 4.79 Å². The molecule has 0 fully saturated rings. The van der Waals surface area contributed by atoms with Gasteiger partial charge in [-0.3, -0.25) is 0 Å². The van der Waals surface area contributed by atoms with Gasteiger partial charge in [0.25, 0.3) is 0 Å². The predicted molar refractivity (Wildman–Crippen MR) is 53.9 cm³/mol. The van der Waals surface area contributed by atoms with Crippen LogP contribution in [0.2, 0.25) is 0 Å². The summed E-state index contributed by atoms with van der Waals surface area (Å²) in [6, 6.07) is -0.0724. The lowest BCUT2D eigenvalue weighted by Gasteiger charge is -2.20. The second kappa shape index (κ2) is 7.01. The molecule has 0 rings (SSSR count). The zero-order valence-electron chi connectivity index (χ0n) is 8.55. The average molecular weight is 208 g/mol. The highest BCUT2D eigenvalue weighted by Gasteiger charge is 2.12. The molecule has 3 nitrogen and oxygen atoms in total. The molecule has 0 saturated heterocycles. The highest BCUT2D eigenvalue weighted by molar-refractivity contribution is 6.17. The fourth-order valence-electron chi connectivity index (χ4n) is 0.930. The molecule has 0 heterocycles. The highest BCUT2D eigenvalue weighted by atomic mass is 35.5. The van der Waals surface area contributed by atoms with E-state index >= 15 is 0 Å². The Hall–Kier alpha value is -0.440. The topological polar surface area (TPSA) is 29.5 Å². The Morgan fingerprint density at radius 3 is 2.54 bits per heavy atom. The van der Waals surface area contributed by atoms with Crippen LogP contribution in [0.3, 0.4) is 0 Å². The SMILES string of the molecule is CCN(CCC(C)C)C(=O)OCCl. The van der Waals surface area contributed by atoms with Gasteiger partial charge in [-0.15, -0.1) is 0 Å². The number of halogens is 1. The molecule has 1 amide bonds. The van der Waals surface area contributed by atoms with E-state index in [0.29, 0.717) is 12.5 Å². The average Bonchev–Trinajstić information content (AvgIpc) is 2.05. The molecule has 0 aliphatic heterocycles. The second-order valence-corrected chi connectivity index (χ2v) is 3.50. The summed E-state index contributed by atoms with van der Waals surface area (Å²) in [5.74, 6) is 0.595. The van der Waals surface area contributed by atoms with E-state index in [1.807, 2.05) is 6.92 Å². The molecule has 0 bridgehead atoms. The second-order valence-electron chi connectivity index (χ2n) is 3.28. The first-order valence-electron chi connectivity index (χ1n) is 4.59. The van der Waals surface area contributed by atoms with E-state index in [-0.39, 0.29) is 12.2 Å². The molecule has 0 aromatic carbocycles. The lowest BCUT2D eigenvalue weighted by Crippen LogP contribution is -2.32. The Morgan fingerprint density at radius 2 is 2.15 bits per heavy atom. The van der Waals surface area contributed by atoms with Gasteiger partial charge in [-0.05, 0) is 19.3 Å². The maximum atomic E-state index is 11.2. The summed E-state index contributed by atoms with van der Waals surface area (Å²) in [5, 5.41) is 0. The van der Waals surface area contributed by atoms with Crippen LogP contribution in [-0.4, -0.2) is 30.1 Å². The van der Waals surface area contributed by atoms with E-state index in [1.54, 1.807) is 4.90 Å². The molecule has 0 aromatic heterocycles. The lowest BCUT2D eigenvalue weighted by atomic mass is 10.1. The van der Waals surface area contributed by atoms with Gasteiger partial charge < -0.3 is 9.64 Å². The molecular weight excluding hydrogens is 190 g/mol. The number of hydrogen-bond donors (Lipinski definition) is 0. The van der Waals surface area contributed by atoms with Crippen LogP contribution in [-0.2, 0) is 4.74 Å². The van der Waals surface area contributed by atoms with Gasteiger partial charge in [0, 0.05) is 13.1 Å². The van der Waals surface area contributed by atoms with Gasteiger partial charge in [0.1, 0.15) is 0 Å². The zero-order valence-corrected chi connectivity index (χ0v) is 9.30. The van der Waals surface area contributed by atoms with Crippen molar-refractivity contribution in [2.24, 2.45) is 5.92 Å². The summed E-state index contributed by atoms with van der Waals surface area (Å²) in [6.07, 6.45) is 0.670. The Balaban J connectivity index is 3.80. The van der Waals surface area contributed by atoms with E-state index in [4.69, 9.17) is 11.6 Å². The van der Waals surface area contributed by atoms with Gasteiger partial charge in [0.2, 0.25) is 0 Å². The van der Waals surface area contributed by atoms with Crippen molar-refractivity contribution >= 4 is 17.7 Å². The number of ether oxygens (including phenoxy) is 1. The standard InChI is InChI=1S/C9H18ClNO2/c1-4-11(6-5-8(2)3)9(12)13-7-10/h8H,4-7H2,1-3H3. The van der Waals surface area contributed by atoms with Crippen LogP contribution < -0.4 is 0 Å². The van der Waals surface area contributed by atoms with Crippen LogP contribution in [0.25, 0.3) is 0 Å². The van der Waals surface area contributed by atoms with Gasteiger partial charge in [-0.2, -0.15) is 0 Å². The van der Waals surface area contributed by atoms with E-state index in [9.17, 15) is 4.79 Å². The summed E-state index contributed by atoms with van der Waals surface area (Å²) in [5.41, 5.74) is 0. The molecule has 13 heavy (non-hydrogen) atoms. The van der Waals surface area contributed by atoms with Crippen molar-refractivity contribution in [2.45, 2.75) is 27.2 Å². The Kier molecular flexibility index (Phi) is 6.77. The summed E-state index contributed by atoms with van der Waals surface area (Å²) in [6.45, 7) is 7.59. The summed E-state index contributed by atoms with van der Waals surface area (Å²) in [4.78, 5) is 12.9. The first-order chi connectivity index (χ1) is 6.11. The van der Waals surface area contributed by atoms with Gasteiger partial charge in [0.05, 0.1) is 0 Å². The molecule has 0 unspecified atom stereocenters. The number of nitrogens with zero attached hydrogens (tertiary/aromatic N) is 1. The molecule has 0 aliphatic carbocycles. The van der Waals surface area contributed by atoms with Gasteiger partial charge in [-0.25, -0.2) is 4.79 Å². The maximum Gasteiger partial charge on any atom is 0.410 e. The van der Waals surface area contributed by atoms with Crippen LogP contribution in [0.5, 0.6) is 0 Å². The first-order valence-corrected chi connectivity index (χ1v) is 5.12. The molecule has 0 spiro atoms. The third-order valence-electron chi connectivity index (χ3n) is 1.79. The van der Waals surface area contributed by atoms with Crippen molar-refractivity contribution in [1.82, 2.24) is 4.90 Å². The van der Waals surface area contributed by atoms with Gasteiger partial charge in [0.15, 0.2) is 6.07 Å². The van der Waals surface area contributed by atoms with Crippen LogP contribution in [0, 0.1) is 5.92 Å². The number of carbonyl (C=O) groups excluding carboxylic acids is 1. The molecule has 0 aliphatic rings. The van der Waals surface area contributed by atoms with Gasteiger partial charge in [-0.1, -0.05) is 25.4 Å². The molecule has 0 saturated carbocycles. The Morgan fingerprint density at radius 1 is 1.54 bits per heavy atom. The van der Waals surface area contributed by atoms with Crippen LogP contribution in [0.15, 0.2) is 0 Å². The highest BCUT2D eigenvalue weighted by Crippen LogP contribution is 2.03. The normalized spacial score (nSPS) is 10.2. The molecule has 4 heteroatoms. The summed E-state index contributed by atoms with van der Waals surface area (Å²) in [7, 11) is 0. The quantitative estimate of drug-likeness (QED) is 0.649. The van der Waals surface area contributed by atoms with Crippen molar-refractivity contribution in [3.63, 3.8) is 0 Å². The minimum absolute atomic E-state index is 0.0724. The van der Waals surface area contributed by atoms with Crippen LogP contribution in [0.1, 0.15) is 27.2 Å². The molecule has 0 radical (unpaired) electrons. The summed E-state index contributed by atoms with van der Waals surface area (Å²) < 4.78 is 4.68. The number of hydrogen-bond acceptors (Lipinski definition) is 2. The monoisotopic (exact) mass is 207 g/mol. The van der Waals surface area contributed by atoms with E-state index in [0.717, 1.165) is 13.0 Å². The first kappa shape index (κ1) is 12.6. The molecule has 0 N–H and O–H groups in total. The van der Waals surface area contributed by atoms with Crippen molar-refractivity contribution < 1.29 is 9.53 Å². The van der Waals surface area contributed by atoms with Crippen molar-refractivity contribution in [2.75, 3.05) is 19.2 Å². The molecule has 0 aromatic rings. The van der Waals surface area contributed by atoms with Crippen LogP contribution >= 0.6 is 11.6 Å². The van der Waals surface area contributed by atoms with Crippen molar-refractivity contribution in [3.8, 4) is 0 Å². The number of amides is 1. The van der Waals surface area contributed by atoms with E-state index in [2.05, 4.69) is 18.6 Å². The smallest absolute Gasteiger partial charge is 0.410 e. The van der Waals surface area contributed by atoms with Crippen molar-refractivity contribution in [3.05, 3.63) is 0 Å². The maximum absolute atomic E-state index is 11.2. The summed E-state index contributed by atoms with van der Waals surface area (Å²) >= 11 is 5.29. The molecular formula is C9H18ClNO2. The number of carbonyl (C=O) groups is 1. The van der Waals surface area contributed by atoms with Gasteiger partial charge >= 0.3 is 6.09 Å². The van der Waals surface area contributed by atoms with E-state index in [1.165, 1.54) is 0 Å². The largest absolute Gasteiger partial charge is 0.433 e. The zero-order chi connectivity index (χ0) is 10.3. The minimum Gasteiger partial charge on any atom is -0.433 e. The Bertz CT molecular complexity index is 151. The number of rotatable bonds is 5. The fraction of sp³-hybridized carbons (Fsp3) is 0.889. The van der Waals surface area contributed by atoms with E-state index < -0.39 is 0 Å². The molecule has 78 valence electrons. The Labute approximate surface area is 85.0 Å². The number of alkyl halides is 1. The fourth-order valence-corrected chi connectivity index (χ4v) is 1.02. The minimum atomic E-state index is -0.321. The third-order valence-corrected chi connectivity index (χ3v) is 1.90. The molecule has 0 atom stereocenters. The predicted octanol–water partition coefficient (Wildman–Crippen LogP) is 2.69. The third kappa shape index (κ3) is 5.75. The lowest BCUT2D eigenvalue weighted by molar-refractivity contribution is 0.118. The van der Waals surface area contributed by atoms with Crippen molar-refractivity contribution in [1.29, 1.82) is 0 Å².